The minimum Gasteiger partial charge on any atom is -0.354 e. The number of rotatable bonds is 5. The van der Waals surface area contributed by atoms with E-state index in [1.165, 1.54) is 0 Å². The fourth-order valence-corrected chi connectivity index (χ4v) is 1.53. The van der Waals surface area contributed by atoms with Crippen LogP contribution in [-0.2, 0) is 15.6 Å². The molecule has 1 saturated carbocycles. The van der Waals surface area contributed by atoms with E-state index < -0.39 is 10.8 Å². The van der Waals surface area contributed by atoms with Crippen molar-refractivity contribution in [2.24, 2.45) is 11.1 Å². The van der Waals surface area contributed by atoms with Gasteiger partial charge in [0.25, 0.3) is 0 Å². The number of carbonyl (C=O) groups excluding carboxylic acids is 1. The highest BCUT2D eigenvalue weighted by Crippen LogP contribution is 2.44. The van der Waals surface area contributed by atoms with Gasteiger partial charge in [0.1, 0.15) is 0 Å². The monoisotopic (exact) mass is 218 g/mol. The molecule has 5 heteroatoms. The highest BCUT2D eigenvalue weighted by Gasteiger charge is 2.48. The molecule has 2 unspecified atom stereocenters. The van der Waals surface area contributed by atoms with Gasteiger partial charge in [-0.05, 0) is 19.8 Å². The molecule has 0 aromatic rings. The summed E-state index contributed by atoms with van der Waals surface area (Å²) in [7, 11) is -0.881. The van der Waals surface area contributed by atoms with Gasteiger partial charge in [0.05, 0.1) is 5.41 Å². The molecule has 0 aromatic heterocycles. The molecule has 0 bridgehead atoms. The van der Waals surface area contributed by atoms with E-state index in [-0.39, 0.29) is 16.6 Å². The Hall–Kier alpha value is -0.420. The van der Waals surface area contributed by atoms with Crippen molar-refractivity contribution in [3.05, 3.63) is 0 Å². The van der Waals surface area contributed by atoms with Crippen LogP contribution in [0.1, 0.15) is 19.8 Å². The number of nitrogens with one attached hydrogen (secondary N) is 1. The zero-order valence-electron chi connectivity index (χ0n) is 8.71. The van der Waals surface area contributed by atoms with Crippen molar-refractivity contribution in [1.29, 1.82) is 0 Å². The zero-order chi connectivity index (χ0) is 10.8. The van der Waals surface area contributed by atoms with Crippen molar-refractivity contribution in [3.8, 4) is 0 Å². The van der Waals surface area contributed by atoms with Gasteiger partial charge in [-0.2, -0.15) is 0 Å². The third-order valence-corrected chi connectivity index (χ3v) is 4.14. The molecule has 14 heavy (non-hydrogen) atoms. The van der Waals surface area contributed by atoms with Crippen molar-refractivity contribution in [3.63, 3.8) is 0 Å². The lowest BCUT2D eigenvalue weighted by Crippen LogP contribution is -2.40. The smallest absolute Gasteiger partial charge is 0.227 e. The molecular formula is C9H18N2O2S. The molecule has 1 fully saturated rings. The summed E-state index contributed by atoms with van der Waals surface area (Å²) in [5.74, 6) is 0.0253. The summed E-state index contributed by atoms with van der Waals surface area (Å²) in [5.41, 5.74) is 5.22. The lowest BCUT2D eigenvalue weighted by molar-refractivity contribution is -0.125. The number of hydrogen-bond donors (Lipinski definition) is 2. The number of hydrogen-bond acceptors (Lipinski definition) is 3. The first-order valence-electron chi connectivity index (χ1n) is 4.82. The first-order chi connectivity index (χ1) is 6.52. The van der Waals surface area contributed by atoms with Crippen molar-refractivity contribution in [2.75, 3.05) is 19.3 Å². The van der Waals surface area contributed by atoms with Crippen molar-refractivity contribution >= 4 is 16.7 Å². The second-order valence-corrected chi connectivity index (χ2v) is 5.81. The van der Waals surface area contributed by atoms with E-state index in [1.54, 1.807) is 6.26 Å². The van der Waals surface area contributed by atoms with Gasteiger partial charge in [0.15, 0.2) is 0 Å². The van der Waals surface area contributed by atoms with Crippen molar-refractivity contribution in [1.82, 2.24) is 5.32 Å². The summed E-state index contributed by atoms with van der Waals surface area (Å²) in [6.45, 7) is 2.75. The molecule has 1 aliphatic rings. The molecule has 0 heterocycles. The Labute approximate surface area is 87.1 Å². The molecule has 1 amide bonds. The van der Waals surface area contributed by atoms with E-state index in [0.29, 0.717) is 13.1 Å². The Kier molecular flexibility index (Phi) is 3.66. The number of nitrogens with two attached hydrogens (primary N) is 1. The Morgan fingerprint density at radius 1 is 1.64 bits per heavy atom. The standard InChI is InChI=1S/C9H18N2O2S/c1-7(14(2)13)5-11-8(12)9(6-10)3-4-9/h7H,3-6,10H2,1-2H3,(H,11,12). The Bertz CT molecular complexity index is 251. The van der Waals surface area contributed by atoms with E-state index >= 15 is 0 Å². The van der Waals surface area contributed by atoms with Crippen molar-refractivity contribution < 1.29 is 9.00 Å². The minimum absolute atomic E-state index is 0.00697. The van der Waals surface area contributed by atoms with Crippen LogP contribution in [0.4, 0.5) is 0 Å². The highest BCUT2D eigenvalue weighted by molar-refractivity contribution is 7.84. The summed E-state index contributed by atoms with van der Waals surface area (Å²) in [5, 5.41) is 2.81. The summed E-state index contributed by atoms with van der Waals surface area (Å²) >= 11 is 0. The van der Waals surface area contributed by atoms with Gasteiger partial charge in [-0.25, -0.2) is 0 Å². The maximum absolute atomic E-state index is 11.6. The molecule has 1 rings (SSSR count). The summed E-state index contributed by atoms with van der Waals surface area (Å²) in [6, 6.07) is 0. The van der Waals surface area contributed by atoms with Crippen LogP contribution in [0.2, 0.25) is 0 Å². The van der Waals surface area contributed by atoms with E-state index in [1.807, 2.05) is 6.92 Å². The van der Waals surface area contributed by atoms with Gasteiger partial charge >= 0.3 is 0 Å². The largest absolute Gasteiger partial charge is 0.354 e. The van der Waals surface area contributed by atoms with Crippen LogP contribution in [0.5, 0.6) is 0 Å². The highest BCUT2D eigenvalue weighted by atomic mass is 32.2. The van der Waals surface area contributed by atoms with Gasteiger partial charge in [0.2, 0.25) is 5.91 Å². The fourth-order valence-electron chi connectivity index (χ4n) is 1.22. The van der Waals surface area contributed by atoms with Gasteiger partial charge in [0, 0.05) is 35.4 Å². The number of amides is 1. The van der Waals surface area contributed by atoms with Gasteiger partial charge < -0.3 is 11.1 Å². The van der Waals surface area contributed by atoms with Crippen LogP contribution in [0, 0.1) is 5.41 Å². The fraction of sp³-hybridized carbons (Fsp3) is 0.889. The third-order valence-electron chi connectivity index (χ3n) is 2.84. The van der Waals surface area contributed by atoms with Crippen LogP contribution in [0.25, 0.3) is 0 Å². The van der Waals surface area contributed by atoms with Crippen LogP contribution in [0.3, 0.4) is 0 Å². The second kappa shape index (κ2) is 4.40. The molecule has 0 aliphatic heterocycles. The normalized spacial score (nSPS) is 22.5. The Balaban J connectivity index is 2.32. The van der Waals surface area contributed by atoms with Crippen LogP contribution < -0.4 is 11.1 Å². The maximum atomic E-state index is 11.6. The molecule has 3 N–H and O–H groups in total. The van der Waals surface area contributed by atoms with E-state index in [2.05, 4.69) is 5.32 Å². The maximum Gasteiger partial charge on any atom is 0.227 e. The molecule has 2 atom stereocenters. The lowest BCUT2D eigenvalue weighted by Gasteiger charge is -2.14. The first-order valence-corrected chi connectivity index (χ1v) is 6.44. The van der Waals surface area contributed by atoms with Crippen LogP contribution in [-0.4, -0.2) is 34.7 Å². The van der Waals surface area contributed by atoms with Gasteiger partial charge in [-0.3, -0.25) is 9.00 Å². The summed E-state index contributed by atoms with van der Waals surface area (Å²) in [6.07, 6.45) is 3.42. The molecule has 82 valence electrons. The number of carbonyl (C=O) groups is 1. The van der Waals surface area contributed by atoms with Gasteiger partial charge in [-0.1, -0.05) is 0 Å². The second-order valence-electron chi connectivity index (χ2n) is 4.00. The van der Waals surface area contributed by atoms with E-state index in [0.717, 1.165) is 12.8 Å². The topological polar surface area (TPSA) is 72.2 Å². The molecule has 0 spiro atoms. The lowest BCUT2D eigenvalue weighted by atomic mass is 10.1. The molecule has 0 saturated heterocycles. The average molecular weight is 218 g/mol. The quantitative estimate of drug-likeness (QED) is 0.660. The van der Waals surface area contributed by atoms with Crippen LogP contribution in [0.15, 0.2) is 0 Å². The summed E-state index contributed by atoms with van der Waals surface area (Å²) in [4.78, 5) is 11.6. The molecule has 0 aromatic carbocycles. The van der Waals surface area contributed by atoms with E-state index in [9.17, 15) is 9.00 Å². The average Bonchev–Trinajstić information content (AvgIpc) is 2.93. The third kappa shape index (κ3) is 2.54. The Morgan fingerprint density at radius 2 is 2.21 bits per heavy atom. The predicted molar refractivity (Wildman–Crippen MR) is 57.3 cm³/mol. The first kappa shape index (κ1) is 11.7. The van der Waals surface area contributed by atoms with E-state index in [4.69, 9.17) is 5.73 Å². The van der Waals surface area contributed by atoms with Gasteiger partial charge in [-0.15, -0.1) is 0 Å². The zero-order valence-corrected chi connectivity index (χ0v) is 9.52. The molecule has 0 radical (unpaired) electrons. The summed E-state index contributed by atoms with van der Waals surface area (Å²) < 4.78 is 11.0. The minimum atomic E-state index is -0.881. The van der Waals surface area contributed by atoms with Crippen LogP contribution >= 0.6 is 0 Å². The molecule has 1 aliphatic carbocycles. The SMILES string of the molecule is CC(CNC(=O)C1(CN)CC1)S(C)=O. The molecule has 4 nitrogen and oxygen atoms in total. The predicted octanol–water partition coefficient (Wildman–Crippen LogP) is -0.391. The molecular weight excluding hydrogens is 200 g/mol. The Morgan fingerprint density at radius 3 is 2.57 bits per heavy atom. The van der Waals surface area contributed by atoms with Crippen molar-refractivity contribution in [2.45, 2.75) is 25.0 Å².